The van der Waals surface area contributed by atoms with Gasteiger partial charge in [-0.05, 0) is 74.3 Å². The highest BCUT2D eigenvalue weighted by molar-refractivity contribution is 6.13. The maximum absolute atomic E-state index is 14.1. The van der Waals surface area contributed by atoms with Crippen LogP contribution < -0.4 is 5.32 Å². The zero-order chi connectivity index (χ0) is 29.0. The number of benzene rings is 3. The Morgan fingerprint density at radius 1 is 0.829 bits per heavy atom. The van der Waals surface area contributed by atoms with E-state index in [0.717, 1.165) is 42.9 Å². The number of aromatic nitrogens is 1. The number of hydrogen-bond donors (Lipinski definition) is 1. The molecule has 5 nitrogen and oxygen atoms in total. The fourth-order valence-corrected chi connectivity index (χ4v) is 5.52. The maximum atomic E-state index is 14.1. The van der Waals surface area contributed by atoms with E-state index in [0.29, 0.717) is 42.9 Å². The summed E-state index contributed by atoms with van der Waals surface area (Å²) in [5, 5.41) is 3.64. The summed E-state index contributed by atoms with van der Waals surface area (Å²) in [5.74, 6) is 0.169. The van der Waals surface area contributed by atoms with Crippen LogP contribution in [0.3, 0.4) is 0 Å². The van der Waals surface area contributed by atoms with Gasteiger partial charge in [0.25, 0.3) is 0 Å². The molecule has 4 aromatic rings. The quantitative estimate of drug-likeness (QED) is 0.125. The summed E-state index contributed by atoms with van der Waals surface area (Å²) in [6.45, 7) is 5.04. The Morgan fingerprint density at radius 3 is 2.05 bits per heavy atom. The second-order valence-corrected chi connectivity index (χ2v) is 10.6. The minimum absolute atomic E-state index is 0.0113. The smallest absolute Gasteiger partial charge is 0.305 e. The zero-order valence-electron chi connectivity index (χ0n) is 24.6. The minimum Gasteiger partial charge on any atom is -0.466 e. The number of aryl methyl sites for hydroxylation is 1. The lowest BCUT2D eigenvalue weighted by Crippen LogP contribution is -2.20. The molecule has 0 atom stereocenters. The average molecular weight is 551 g/mol. The van der Waals surface area contributed by atoms with Crippen molar-refractivity contribution < 1.29 is 14.3 Å². The van der Waals surface area contributed by atoms with Crippen LogP contribution in [0, 0.1) is 5.92 Å². The molecule has 3 aromatic carbocycles. The number of anilines is 1. The van der Waals surface area contributed by atoms with Crippen LogP contribution in [0.2, 0.25) is 0 Å². The summed E-state index contributed by atoms with van der Waals surface area (Å²) in [4.78, 5) is 26.0. The second kappa shape index (κ2) is 15.0. The highest BCUT2D eigenvalue weighted by Crippen LogP contribution is 2.26. The average Bonchev–Trinajstić information content (AvgIpc) is 3.32. The van der Waals surface area contributed by atoms with Crippen molar-refractivity contribution in [1.29, 1.82) is 0 Å². The predicted octanol–water partition coefficient (Wildman–Crippen LogP) is 7.22. The van der Waals surface area contributed by atoms with Crippen LogP contribution in [-0.4, -0.2) is 29.5 Å². The van der Waals surface area contributed by atoms with Crippen molar-refractivity contribution in [3.8, 4) is 0 Å². The molecule has 0 aliphatic rings. The number of nitrogens with one attached hydrogen (secondary N) is 1. The number of rotatable bonds is 15. The molecule has 41 heavy (non-hydrogen) atoms. The fraction of sp³-hybridized carbons (Fsp3) is 0.333. The van der Waals surface area contributed by atoms with Gasteiger partial charge in [-0.25, -0.2) is 0 Å². The Hall–Kier alpha value is -4.12. The van der Waals surface area contributed by atoms with Crippen LogP contribution in [0.5, 0.6) is 0 Å². The van der Waals surface area contributed by atoms with Gasteiger partial charge in [-0.15, -0.1) is 0 Å². The summed E-state index contributed by atoms with van der Waals surface area (Å²) < 4.78 is 7.21. The second-order valence-electron chi connectivity index (χ2n) is 10.6. The number of carbonyl (C=O) groups excluding carboxylic acids is 2. The maximum Gasteiger partial charge on any atom is 0.305 e. The van der Waals surface area contributed by atoms with Crippen LogP contribution in [0.4, 0.5) is 5.69 Å². The highest BCUT2D eigenvalue weighted by atomic mass is 16.5. The van der Waals surface area contributed by atoms with Crippen molar-refractivity contribution in [3.63, 3.8) is 0 Å². The molecule has 5 heteroatoms. The van der Waals surface area contributed by atoms with Crippen LogP contribution in [0.25, 0.3) is 0 Å². The Morgan fingerprint density at radius 2 is 1.44 bits per heavy atom. The molecule has 1 aromatic heterocycles. The summed E-state index contributed by atoms with van der Waals surface area (Å²) in [6, 6.07) is 31.0. The lowest BCUT2D eigenvalue weighted by Gasteiger charge is -2.20. The molecule has 0 saturated heterocycles. The summed E-state index contributed by atoms with van der Waals surface area (Å²) in [7, 11) is 2.01. The van der Waals surface area contributed by atoms with E-state index in [9.17, 15) is 9.59 Å². The number of para-hydroxylation sites is 1. The molecule has 0 aliphatic heterocycles. The van der Waals surface area contributed by atoms with Crippen LogP contribution >= 0.6 is 0 Å². The highest BCUT2D eigenvalue weighted by Gasteiger charge is 2.22. The molecule has 0 bridgehead atoms. The number of carbonyl (C=O) groups is 2. The standard InChI is InChI=1S/C36H42N2O3/c1-4-30-25-32(34(38(30)3)21-14-22-35(39)41-5-2)36(40)31-19-12-13-20-33(31)37-26-29(23-27-15-8-6-9-16-27)24-28-17-10-7-11-18-28/h6-13,15-20,25,29,37H,4-5,14,21-24,26H2,1-3H3. The molecule has 0 spiro atoms. The van der Waals surface area contributed by atoms with Gasteiger partial charge in [0.05, 0.1) is 6.61 Å². The fourth-order valence-electron chi connectivity index (χ4n) is 5.52. The molecule has 0 unspecified atom stereocenters. The molecule has 0 fully saturated rings. The molecular formula is C36H42N2O3. The lowest BCUT2D eigenvalue weighted by molar-refractivity contribution is -0.143. The SMILES string of the molecule is CCOC(=O)CCCc1c(C(=O)c2ccccc2NCC(Cc2ccccc2)Cc2ccccc2)cc(CC)n1C. The van der Waals surface area contributed by atoms with Crippen molar-refractivity contribution in [2.45, 2.75) is 52.4 Å². The molecule has 4 rings (SSSR count). The third-order valence-corrected chi connectivity index (χ3v) is 7.65. The van der Waals surface area contributed by atoms with E-state index in [2.05, 4.69) is 77.5 Å². The molecule has 0 radical (unpaired) electrons. The molecule has 214 valence electrons. The van der Waals surface area contributed by atoms with Gasteiger partial charge in [0.2, 0.25) is 0 Å². The lowest BCUT2D eigenvalue weighted by atomic mass is 9.92. The van der Waals surface area contributed by atoms with E-state index in [1.54, 1.807) is 0 Å². The van der Waals surface area contributed by atoms with Gasteiger partial charge in [0.15, 0.2) is 5.78 Å². The molecule has 0 saturated carbocycles. The summed E-state index contributed by atoms with van der Waals surface area (Å²) >= 11 is 0. The molecule has 1 heterocycles. The molecular weight excluding hydrogens is 508 g/mol. The Kier molecular flexibility index (Phi) is 10.9. The number of ketones is 1. The number of hydrogen-bond acceptors (Lipinski definition) is 4. The Bertz CT molecular complexity index is 1370. The van der Waals surface area contributed by atoms with Gasteiger partial charge in [-0.3, -0.25) is 9.59 Å². The third-order valence-electron chi connectivity index (χ3n) is 7.65. The predicted molar refractivity (Wildman–Crippen MR) is 167 cm³/mol. The van der Waals surface area contributed by atoms with E-state index in [1.165, 1.54) is 11.1 Å². The van der Waals surface area contributed by atoms with Gasteiger partial charge < -0.3 is 14.6 Å². The van der Waals surface area contributed by atoms with Gasteiger partial charge in [0, 0.05) is 48.2 Å². The Balaban J connectivity index is 1.54. The van der Waals surface area contributed by atoms with Crippen LogP contribution in [0.1, 0.15) is 65.1 Å². The largest absolute Gasteiger partial charge is 0.466 e. The van der Waals surface area contributed by atoms with Gasteiger partial charge in [-0.2, -0.15) is 0 Å². The van der Waals surface area contributed by atoms with Crippen LogP contribution in [0.15, 0.2) is 91.0 Å². The third kappa shape index (κ3) is 8.20. The van der Waals surface area contributed by atoms with Crippen molar-refractivity contribution >= 4 is 17.4 Å². The van der Waals surface area contributed by atoms with E-state index in [-0.39, 0.29) is 11.8 Å². The minimum atomic E-state index is -0.194. The first-order valence-corrected chi connectivity index (χ1v) is 14.8. The molecule has 1 N–H and O–H groups in total. The molecule has 0 amide bonds. The number of nitrogens with zero attached hydrogens (tertiary/aromatic N) is 1. The Labute approximate surface area is 244 Å². The topological polar surface area (TPSA) is 60.3 Å². The normalized spacial score (nSPS) is 11.0. The van der Waals surface area contributed by atoms with E-state index in [4.69, 9.17) is 4.74 Å². The van der Waals surface area contributed by atoms with Crippen LogP contribution in [-0.2, 0) is 42.3 Å². The summed E-state index contributed by atoms with van der Waals surface area (Å²) in [5.41, 5.74) is 6.93. The first-order valence-electron chi connectivity index (χ1n) is 14.8. The first-order chi connectivity index (χ1) is 20.0. The monoisotopic (exact) mass is 550 g/mol. The number of ether oxygens (including phenoxy) is 1. The summed E-state index contributed by atoms with van der Waals surface area (Å²) in [6.07, 6.45) is 4.35. The van der Waals surface area contributed by atoms with Gasteiger partial charge >= 0.3 is 5.97 Å². The van der Waals surface area contributed by atoms with Gasteiger partial charge in [0.1, 0.15) is 0 Å². The first kappa shape index (κ1) is 29.9. The molecule has 0 aliphatic carbocycles. The van der Waals surface area contributed by atoms with Crippen molar-refractivity contribution in [2.75, 3.05) is 18.5 Å². The van der Waals surface area contributed by atoms with E-state index < -0.39 is 0 Å². The number of esters is 1. The van der Waals surface area contributed by atoms with E-state index in [1.807, 2.05) is 44.3 Å². The van der Waals surface area contributed by atoms with Gasteiger partial charge in [-0.1, -0.05) is 79.7 Å². The van der Waals surface area contributed by atoms with E-state index >= 15 is 0 Å². The van der Waals surface area contributed by atoms with Crippen molar-refractivity contribution in [1.82, 2.24) is 4.57 Å². The van der Waals surface area contributed by atoms with Crippen molar-refractivity contribution in [3.05, 3.63) is 125 Å². The zero-order valence-corrected chi connectivity index (χ0v) is 24.6. The van der Waals surface area contributed by atoms with Crippen molar-refractivity contribution in [2.24, 2.45) is 13.0 Å².